The maximum atomic E-state index is 5.97. The molecule has 4 aliphatic carbocycles. The molecule has 4 saturated carbocycles. The molecule has 0 atom stereocenters. The van der Waals surface area contributed by atoms with Gasteiger partial charge in [0.1, 0.15) is 0 Å². The molecule has 0 unspecified atom stereocenters. The van der Waals surface area contributed by atoms with Gasteiger partial charge in [-0.3, -0.25) is 4.99 Å². The molecule has 162 valence electrons. The van der Waals surface area contributed by atoms with Crippen molar-refractivity contribution in [3.8, 4) is 0 Å². The zero-order valence-corrected chi connectivity index (χ0v) is 19.8. The summed E-state index contributed by atoms with van der Waals surface area (Å²) >= 11 is 7.72. The SMILES string of the molecule is Clc1ccc(Sc2ccc(C=Nc3ccc(C45CC6CC(CC(C6)C4)C5)cc3)cc2)cc1. The first-order valence-corrected chi connectivity index (χ1v) is 13.0. The molecule has 3 aromatic carbocycles. The Kier molecular flexibility index (Phi) is 5.39. The normalized spacial score (nSPS) is 28.5. The highest BCUT2D eigenvalue weighted by Crippen LogP contribution is 2.60. The third kappa shape index (κ3) is 4.16. The van der Waals surface area contributed by atoms with Gasteiger partial charge in [0.15, 0.2) is 0 Å². The number of benzene rings is 3. The van der Waals surface area contributed by atoms with E-state index in [0.29, 0.717) is 5.41 Å². The zero-order chi connectivity index (χ0) is 21.5. The maximum Gasteiger partial charge on any atom is 0.0630 e. The fraction of sp³-hybridized carbons (Fsp3) is 0.345. The van der Waals surface area contributed by atoms with E-state index in [2.05, 4.69) is 60.7 Å². The first-order valence-electron chi connectivity index (χ1n) is 11.8. The van der Waals surface area contributed by atoms with Crippen molar-refractivity contribution in [3.63, 3.8) is 0 Å². The van der Waals surface area contributed by atoms with Crippen LogP contribution in [0.5, 0.6) is 0 Å². The summed E-state index contributed by atoms with van der Waals surface area (Å²) in [5.41, 5.74) is 4.20. The van der Waals surface area contributed by atoms with Crippen molar-refractivity contribution in [2.24, 2.45) is 22.7 Å². The Morgan fingerprint density at radius 3 is 1.81 bits per heavy atom. The van der Waals surface area contributed by atoms with Crippen molar-refractivity contribution in [2.75, 3.05) is 0 Å². The van der Waals surface area contributed by atoms with Gasteiger partial charge in [-0.2, -0.15) is 0 Å². The molecule has 3 aromatic rings. The molecule has 32 heavy (non-hydrogen) atoms. The summed E-state index contributed by atoms with van der Waals surface area (Å²) in [7, 11) is 0. The number of halogens is 1. The monoisotopic (exact) mass is 457 g/mol. The lowest BCUT2D eigenvalue weighted by Gasteiger charge is -2.57. The molecule has 4 fully saturated rings. The Morgan fingerprint density at radius 1 is 0.719 bits per heavy atom. The smallest absolute Gasteiger partial charge is 0.0630 e. The van der Waals surface area contributed by atoms with Crippen LogP contribution in [0, 0.1) is 17.8 Å². The minimum absolute atomic E-state index is 0.467. The Balaban J connectivity index is 1.12. The van der Waals surface area contributed by atoms with E-state index in [1.165, 1.54) is 48.3 Å². The molecule has 3 heteroatoms. The second-order valence-corrected chi connectivity index (χ2v) is 11.7. The molecule has 1 nitrogen and oxygen atoms in total. The van der Waals surface area contributed by atoms with Crippen molar-refractivity contribution >= 4 is 35.3 Å². The molecule has 4 bridgehead atoms. The number of nitrogens with zero attached hydrogens (tertiary/aromatic N) is 1. The molecule has 0 radical (unpaired) electrons. The van der Waals surface area contributed by atoms with Gasteiger partial charge in [-0.15, -0.1) is 0 Å². The molecule has 4 aliphatic rings. The predicted molar refractivity (Wildman–Crippen MR) is 136 cm³/mol. The van der Waals surface area contributed by atoms with Gasteiger partial charge in [-0.1, -0.05) is 47.6 Å². The lowest BCUT2D eigenvalue weighted by Crippen LogP contribution is -2.48. The van der Waals surface area contributed by atoms with Crippen LogP contribution in [-0.2, 0) is 5.41 Å². The molecular weight excluding hydrogens is 430 g/mol. The molecule has 0 heterocycles. The highest BCUT2D eigenvalue weighted by molar-refractivity contribution is 7.99. The third-order valence-electron chi connectivity index (χ3n) is 7.81. The van der Waals surface area contributed by atoms with Gasteiger partial charge < -0.3 is 0 Å². The van der Waals surface area contributed by atoms with Crippen LogP contribution >= 0.6 is 23.4 Å². The fourth-order valence-corrected chi connectivity index (χ4v) is 7.72. The topological polar surface area (TPSA) is 12.4 Å². The van der Waals surface area contributed by atoms with E-state index in [4.69, 9.17) is 16.6 Å². The number of aliphatic imine (C=N–C) groups is 1. The van der Waals surface area contributed by atoms with Crippen LogP contribution in [0.2, 0.25) is 5.02 Å². The van der Waals surface area contributed by atoms with Crippen molar-refractivity contribution < 1.29 is 0 Å². The second kappa shape index (κ2) is 8.39. The van der Waals surface area contributed by atoms with Crippen LogP contribution < -0.4 is 0 Å². The Hall–Kier alpha value is -2.03. The Labute approximate surface area is 200 Å². The number of hydrogen-bond donors (Lipinski definition) is 0. The van der Waals surface area contributed by atoms with Crippen LogP contribution in [0.15, 0.2) is 87.6 Å². The van der Waals surface area contributed by atoms with Gasteiger partial charge >= 0.3 is 0 Å². The average molecular weight is 458 g/mol. The molecular formula is C29H28ClNS. The maximum absolute atomic E-state index is 5.97. The van der Waals surface area contributed by atoms with E-state index in [9.17, 15) is 0 Å². The van der Waals surface area contributed by atoms with Gasteiger partial charge in [0, 0.05) is 21.0 Å². The van der Waals surface area contributed by atoms with E-state index in [0.717, 1.165) is 34.0 Å². The average Bonchev–Trinajstić information content (AvgIpc) is 2.80. The summed E-state index contributed by atoms with van der Waals surface area (Å²) < 4.78 is 0. The van der Waals surface area contributed by atoms with E-state index < -0.39 is 0 Å². The molecule has 0 N–H and O–H groups in total. The fourth-order valence-electron chi connectivity index (χ4n) is 6.77. The predicted octanol–water partition coefficient (Wildman–Crippen LogP) is 8.71. The van der Waals surface area contributed by atoms with Crippen molar-refractivity contribution in [2.45, 2.75) is 53.7 Å². The second-order valence-electron chi connectivity index (χ2n) is 10.1. The highest BCUT2D eigenvalue weighted by atomic mass is 35.5. The van der Waals surface area contributed by atoms with Crippen molar-refractivity contribution in [3.05, 3.63) is 88.9 Å². The van der Waals surface area contributed by atoms with Gasteiger partial charge in [0.25, 0.3) is 0 Å². The lowest BCUT2D eigenvalue weighted by atomic mass is 9.48. The Morgan fingerprint density at radius 2 is 1.25 bits per heavy atom. The summed E-state index contributed by atoms with van der Waals surface area (Å²) in [5.74, 6) is 2.96. The zero-order valence-electron chi connectivity index (χ0n) is 18.2. The van der Waals surface area contributed by atoms with E-state index in [1.807, 2.05) is 18.3 Å². The lowest BCUT2D eigenvalue weighted by molar-refractivity contribution is -0.00518. The minimum Gasteiger partial charge on any atom is -0.256 e. The van der Waals surface area contributed by atoms with Crippen LogP contribution in [0.4, 0.5) is 5.69 Å². The van der Waals surface area contributed by atoms with Crippen LogP contribution in [0.3, 0.4) is 0 Å². The van der Waals surface area contributed by atoms with Gasteiger partial charge in [0.05, 0.1) is 5.69 Å². The van der Waals surface area contributed by atoms with E-state index in [-0.39, 0.29) is 0 Å². The molecule has 0 aromatic heterocycles. The minimum atomic E-state index is 0.467. The first kappa shape index (κ1) is 20.6. The standard InChI is InChI=1S/C29H28ClNS/c30-25-5-11-28(12-6-25)32-27-9-1-20(2-10-27)19-31-26-7-3-24(4-8-26)29-16-21-13-22(17-29)15-23(14-21)18-29/h1-12,19,21-23H,13-18H2. The van der Waals surface area contributed by atoms with Gasteiger partial charge in [-0.05, 0) is 121 Å². The summed E-state index contributed by atoms with van der Waals surface area (Å²) in [6.45, 7) is 0. The van der Waals surface area contributed by atoms with Crippen molar-refractivity contribution in [1.82, 2.24) is 0 Å². The highest BCUT2D eigenvalue weighted by Gasteiger charge is 2.51. The van der Waals surface area contributed by atoms with Gasteiger partial charge in [-0.25, -0.2) is 0 Å². The van der Waals surface area contributed by atoms with Crippen LogP contribution in [0.1, 0.15) is 49.7 Å². The summed E-state index contributed by atoms with van der Waals surface area (Å²) in [4.78, 5) is 7.14. The summed E-state index contributed by atoms with van der Waals surface area (Å²) in [6, 6.07) is 25.7. The van der Waals surface area contributed by atoms with Crippen LogP contribution in [0.25, 0.3) is 0 Å². The third-order valence-corrected chi connectivity index (χ3v) is 9.08. The molecule has 0 spiro atoms. The van der Waals surface area contributed by atoms with Crippen molar-refractivity contribution in [1.29, 1.82) is 0 Å². The van der Waals surface area contributed by atoms with Crippen LogP contribution in [-0.4, -0.2) is 6.21 Å². The number of rotatable bonds is 5. The molecule has 0 aliphatic heterocycles. The first-order chi connectivity index (χ1) is 15.6. The van der Waals surface area contributed by atoms with E-state index in [1.54, 1.807) is 17.3 Å². The quantitative estimate of drug-likeness (QED) is 0.349. The van der Waals surface area contributed by atoms with Gasteiger partial charge in [0.2, 0.25) is 0 Å². The molecule has 0 saturated heterocycles. The largest absolute Gasteiger partial charge is 0.256 e. The molecule has 0 amide bonds. The van der Waals surface area contributed by atoms with E-state index >= 15 is 0 Å². The summed E-state index contributed by atoms with van der Waals surface area (Å²) in [6.07, 6.45) is 10.7. The Bertz CT molecular complexity index is 1080. The molecule has 7 rings (SSSR count). The summed E-state index contributed by atoms with van der Waals surface area (Å²) in [5, 5.41) is 0.770. The number of hydrogen-bond acceptors (Lipinski definition) is 2.